The van der Waals surface area contributed by atoms with Crippen LogP contribution in [0.1, 0.15) is 48.2 Å². The number of alkyl halides is 2. The fourth-order valence-electron chi connectivity index (χ4n) is 4.04. The molecule has 0 bridgehead atoms. The van der Waals surface area contributed by atoms with Crippen LogP contribution in [-0.4, -0.2) is 16.5 Å². The average molecular weight is 411 g/mol. The summed E-state index contributed by atoms with van der Waals surface area (Å²) in [7, 11) is 0. The van der Waals surface area contributed by atoms with E-state index < -0.39 is 11.7 Å². The molecule has 0 radical (unpaired) electrons. The van der Waals surface area contributed by atoms with Gasteiger partial charge in [0, 0.05) is 19.0 Å². The van der Waals surface area contributed by atoms with Crippen LogP contribution in [0.2, 0.25) is 0 Å². The molecule has 4 rings (SSSR count). The van der Waals surface area contributed by atoms with E-state index in [1.54, 1.807) is 12.1 Å². The lowest BCUT2D eigenvalue weighted by atomic mass is 10.0. The summed E-state index contributed by atoms with van der Waals surface area (Å²) in [6.07, 6.45) is 4.31. The van der Waals surface area contributed by atoms with Crippen molar-refractivity contribution >= 4 is 5.82 Å². The van der Waals surface area contributed by atoms with Gasteiger partial charge < -0.3 is 4.90 Å². The van der Waals surface area contributed by atoms with Gasteiger partial charge in [-0.25, -0.2) is 23.1 Å². The summed E-state index contributed by atoms with van der Waals surface area (Å²) in [5.41, 5.74) is 2.40. The Balaban J connectivity index is 1.55. The van der Waals surface area contributed by atoms with E-state index in [1.807, 2.05) is 35.2 Å². The molecule has 0 spiro atoms. The minimum Gasteiger partial charge on any atom is -0.347 e. The second-order valence-electron chi connectivity index (χ2n) is 7.81. The van der Waals surface area contributed by atoms with Crippen molar-refractivity contribution in [2.75, 3.05) is 11.4 Å². The van der Waals surface area contributed by atoms with Gasteiger partial charge in [-0.15, -0.1) is 0 Å². The topological polar surface area (TPSA) is 29.0 Å². The van der Waals surface area contributed by atoms with Crippen molar-refractivity contribution in [1.29, 1.82) is 0 Å². The number of hydrogen-bond donors (Lipinski definition) is 0. The summed E-state index contributed by atoms with van der Waals surface area (Å²) in [5, 5.41) is 0. The van der Waals surface area contributed by atoms with Gasteiger partial charge in [-0.2, -0.15) is 0 Å². The Bertz CT molecular complexity index is 985. The highest BCUT2D eigenvalue weighted by Crippen LogP contribution is 2.37. The molecule has 2 aromatic carbocycles. The number of anilines is 1. The van der Waals surface area contributed by atoms with E-state index in [-0.39, 0.29) is 11.6 Å². The third-order valence-corrected chi connectivity index (χ3v) is 5.66. The highest BCUT2D eigenvalue weighted by Gasteiger charge is 2.31. The van der Waals surface area contributed by atoms with Gasteiger partial charge in [-0.1, -0.05) is 54.6 Å². The van der Waals surface area contributed by atoms with Gasteiger partial charge >= 0.3 is 0 Å². The van der Waals surface area contributed by atoms with Crippen LogP contribution in [0.4, 0.5) is 19.0 Å². The number of rotatable bonds is 6. The van der Waals surface area contributed by atoms with Crippen LogP contribution >= 0.6 is 0 Å². The van der Waals surface area contributed by atoms with E-state index in [1.165, 1.54) is 18.5 Å². The van der Waals surface area contributed by atoms with Gasteiger partial charge in [0.25, 0.3) is 5.92 Å². The molecule has 0 amide bonds. The van der Waals surface area contributed by atoms with Gasteiger partial charge in [0.1, 0.15) is 6.33 Å². The number of hydrogen-bond acceptors (Lipinski definition) is 3. The second kappa shape index (κ2) is 8.46. The molecule has 0 saturated carbocycles. The maximum absolute atomic E-state index is 15.3. The number of aryl methyl sites for hydroxylation is 2. The van der Waals surface area contributed by atoms with Crippen molar-refractivity contribution in [2.24, 2.45) is 0 Å². The normalized spacial score (nSPS) is 16.8. The summed E-state index contributed by atoms with van der Waals surface area (Å²) in [6, 6.07) is 16.2. The monoisotopic (exact) mass is 411 g/mol. The lowest BCUT2D eigenvalue weighted by Gasteiger charge is -2.27. The van der Waals surface area contributed by atoms with Gasteiger partial charge in [0.2, 0.25) is 0 Å². The molecule has 156 valence electrons. The first-order valence-electron chi connectivity index (χ1n) is 10.2. The lowest BCUT2D eigenvalue weighted by Crippen LogP contribution is -2.25. The van der Waals surface area contributed by atoms with Crippen LogP contribution in [0.25, 0.3) is 0 Å². The maximum atomic E-state index is 15.3. The summed E-state index contributed by atoms with van der Waals surface area (Å²) in [4.78, 5) is 10.3. The second-order valence-corrected chi connectivity index (χ2v) is 7.81. The molecule has 1 aliphatic heterocycles. The van der Waals surface area contributed by atoms with Crippen LogP contribution in [0.3, 0.4) is 0 Å². The predicted molar refractivity (Wildman–Crippen MR) is 111 cm³/mol. The molecule has 0 aliphatic carbocycles. The molecule has 1 unspecified atom stereocenters. The minimum absolute atomic E-state index is 0.0211. The fourth-order valence-corrected chi connectivity index (χ4v) is 4.04. The highest BCUT2D eigenvalue weighted by atomic mass is 19.3. The summed E-state index contributed by atoms with van der Waals surface area (Å²) < 4.78 is 42.3. The number of benzene rings is 2. The lowest BCUT2D eigenvalue weighted by molar-refractivity contribution is 0.0174. The van der Waals surface area contributed by atoms with E-state index >= 15 is 4.39 Å². The zero-order valence-corrected chi connectivity index (χ0v) is 16.9. The van der Waals surface area contributed by atoms with Crippen molar-refractivity contribution in [1.82, 2.24) is 9.97 Å². The number of nitrogens with zero attached hydrogens (tertiary/aromatic N) is 3. The summed E-state index contributed by atoms with van der Waals surface area (Å²) in [5.74, 6) is -2.97. The van der Waals surface area contributed by atoms with Crippen LogP contribution in [0.15, 0.2) is 60.9 Å². The molecule has 6 heteroatoms. The van der Waals surface area contributed by atoms with Gasteiger partial charge in [-0.3, -0.25) is 0 Å². The van der Waals surface area contributed by atoms with Crippen molar-refractivity contribution in [3.05, 3.63) is 89.1 Å². The van der Waals surface area contributed by atoms with Gasteiger partial charge in [-0.05, 0) is 36.8 Å². The molecule has 30 heavy (non-hydrogen) atoms. The van der Waals surface area contributed by atoms with Crippen LogP contribution in [-0.2, 0) is 18.8 Å². The third kappa shape index (κ3) is 4.32. The first-order valence-corrected chi connectivity index (χ1v) is 10.2. The largest absolute Gasteiger partial charge is 0.347 e. The number of aromatic nitrogens is 2. The fraction of sp³-hybridized carbons (Fsp3) is 0.333. The third-order valence-electron chi connectivity index (χ3n) is 5.66. The standard InChI is InChI=1S/C24H24F3N3/c1-24(26,27)19-12-10-18(11-13-19)21-8-5-15-30(21)23-22(25)20(28-16-29-23)14-9-17-6-3-2-4-7-17/h2-4,6-7,10-13,16,21H,5,8-9,14-15H2,1H3. The number of halogens is 3. The Hall–Kier alpha value is -2.89. The van der Waals surface area contributed by atoms with Crippen molar-refractivity contribution in [2.45, 2.75) is 44.6 Å². The summed E-state index contributed by atoms with van der Waals surface area (Å²) >= 11 is 0. The highest BCUT2D eigenvalue weighted by molar-refractivity contribution is 5.46. The molecule has 1 aliphatic rings. The van der Waals surface area contributed by atoms with Crippen molar-refractivity contribution in [3.63, 3.8) is 0 Å². The van der Waals surface area contributed by atoms with Gasteiger partial charge in [0.05, 0.1) is 11.7 Å². The molecule has 1 atom stereocenters. The van der Waals surface area contributed by atoms with Gasteiger partial charge in [0.15, 0.2) is 11.6 Å². The zero-order chi connectivity index (χ0) is 21.1. The minimum atomic E-state index is -2.87. The molecule has 1 saturated heterocycles. The maximum Gasteiger partial charge on any atom is 0.270 e. The molecule has 3 nitrogen and oxygen atoms in total. The van der Waals surface area contributed by atoms with E-state index in [0.29, 0.717) is 30.9 Å². The molecule has 1 fully saturated rings. The Kier molecular flexibility index (Phi) is 5.75. The predicted octanol–water partition coefficient (Wildman–Crippen LogP) is 5.85. The molecule has 3 aromatic rings. The SMILES string of the molecule is CC(F)(F)c1ccc(C2CCCN2c2ncnc(CCc3ccccc3)c2F)cc1. The van der Waals surface area contributed by atoms with Crippen molar-refractivity contribution in [3.8, 4) is 0 Å². The van der Waals surface area contributed by atoms with Crippen LogP contribution in [0.5, 0.6) is 0 Å². The molecule has 1 aromatic heterocycles. The smallest absolute Gasteiger partial charge is 0.270 e. The average Bonchev–Trinajstić information content (AvgIpc) is 3.23. The van der Waals surface area contributed by atoms with E-state index in [2.05, 4.69) is 9.97 Å². The Morgan fingerprint density at radius 1 is 1.00 bits per heavy atom. The first-order chi connectivity index (χ1) is 14.4. The molecule has 0 N–H and O–H groups in total. The molecule has 2 heterocycles. The van der Waals surface area contributed by atoms with Crippen molar-refractivity contribution < 1.29 is 13.2 Å². The Morgan fingerprint density at radius 3 is 2.43 bits per heavy atom. The zero-order valence-electron chi connectivity index (χ0n) is 16.9. The van der Waals surface area contributed by atoms with E-state index in [4.69, 9.17) is 0 Å². The summed E-state index contributed by atoms with van der Waals surface area (Å²) in [6.45, 7) is 1.56. The van der Waals surface area contributed by atoms with Crippen LogP contribution in [0, 0.1) is 5.82 Å². The quantitative estimate of drug-likeness (QED) is 0.509. The molecular formula is C24H24F3N3. The Labute approximate surface area is 174 Å². The first kappa shape index (κ1) is 20.4. The Morgan fingerprint density at radius 2 is 1.73 bits per heavy atom. The van der Waals surface area contributed by atoms with Crippen LogP contribution < -0.4 is 4.90 Å². The molecular weight excluding hydrogens is 387 g/mol. The van der Waals surface area contributed by atoms with E-state index in [9.17, 15) is 8.78 Å². The van der Waals surface area contributed by atoms with E-state index in [0.717, 1.165) is 30.9 Å².